The highest BCUT2D eigenvalue weighted by Crippen LogP contribution is 2.36. The summed E-state index contributed by atoms with van der Waals surface area (Å²) in [5.74, 6) is 0.466. The first-order chi connectivity index (χ1) is 16.6. The number of hydrogen-bond acceptors (Lipinski definition) is 1. The summed E-state index contributed by atoms with van der Waals surface area (Å²) in [4.78, 5) is 15.4. The van der Waals surface area contributed by atoms with Gasteiger partial charge in [-0.15, -0.1) is 0 Å². The van der Waals surface area contributed by atoms with Gasteiger partial charge in [-0.2, -0.15) is 0 Å². The van der Waals surface area contributed by atoms with E-state index in [4.69, 9.17) is 0 Å². The first kappa shape index (κ1) is 22.4. The maximum atomic E-state index is 13.8. The van der Waals surface area contributed by atoms with Gasteiger partial charge in [0.05, 0.1) is 0 Å². The number of amides is 1. The van der Waals surface area contributed by atoms with E-state index in [-0.39, 0.29) is 17.6 Å². The predicted molar refractivity (Wildman–Crippen MR) is 135 cm³/mol. The number of aromatic nitrogens is 1. The van der Waals surface area contributed by atoms with Crippen molar-refractivity contribution in [3.8, 4) is 0 Å². The molecule has 0 radical (unpaired) electrons. The third-order valence-electron chi connectivity index (χ3n) is 7.18. The van der Waals surface area contributed by atoms with Gasteiger partial charge in [-0.25, -0.2) is 4.39 Å². The number of carbonyl (C=O) groups is 1. The molecular weight excluding hydrogens is 423 g/mol. The van der Waals surface area contributed by atoms with Gasteiger partial charge in [0.1, 0.15) is 5.82 Å². The third-order valence-corrected chi connectivity index (χ3v) is 7.18. The SMILES string of the molecule is CC1CCN(C(=O)C[C@H](c2ccc(F)cc2)c2cn(Cc3ccccc3)c3ccccc23)CC1. The summed E-state index contributed by atoms with van der Waals surface area (Å²) >= 11 is 0. The van der Waals surface area contributed by atoms with Crippen LogP contribution in [0.3, 0.4) is 0 Å². The summed E-state index contributed by atoms with van der Waals surface area (Å²) < 4.78 is 16.0. The van der Waals surface area contributed by atoms with Crippen LogP contribution >= 0.6 is 0 Å². The molecule has 1 aliphatic heterocycles. The summed E-state index contributed by atoms with van der Waals surface area (Å²) in [5.41, 5.74) is 4.47. The molecular formula is C30H31FN2O. The average molecular weight is 455 g/mol. The molecule has 3 aromatic carbocycles. The van der Waals surface area contributed by atoms with Crippen LogP contribution in [-0.2, 0) is 11.3 Å². The Bertz CT molecular complexity index is 1250. The molecule has 1 aromatic heterocycles. The van der Waals surface area contributed by atoms with Crippen LogP contribution in [0.25, 0.3) is 10.9 Å². The Kier molecular flexibility index (Phi) is 6.48. The van der Waals surface area contributed by atoms with Gasteiger partial charge in [0, 0.05) is 49.1 Å². The summed E-state index contributed by atoms with van der Waals surface area (Å²) in [6.45, 7) is 4.66. The minimum absolute atomic E-state index is 0.130. The first-order valence-electron chi connectivity index (χ1n) is 12.2. The van der Waals surface area contributed by atoms with Gasteiger partial charge in [0.2, 0.25) is 5.91 Å². The Morgan fingerprint density at radius 3 is 2.35 bits per heavy atom. The Morgan fingerprint density at radius 2 is 1.62 bits per heavy atom. The molecule has 0 unspecified atom stereocenters. The molecule has 2 heterocycles. The largest absolute Gasteiger partial charge is 0.343 e. The molecule has 0 aliphatic carbocycles. The summed E-state index contributed by atoms with van der Waals surface area (Å²) in [6, 6.07) is 25.4. The molecule has 174 valence electrons. The number of carbonyl (C=O) groups excluding carboxylic acids is 1. The number of benzene rings is 3. The van der Waals surface area contributed by atoms with Gasteiger partial charge in [-0.3, -0.25) is 4.79 Å². The predicted octanol–water partition coefficient (Wildman–Crippen LogP) is 6.61. The van der Waals surface area contributed by atoms with Crippen LogP contribution < -0.4 is 0 Å². The van der Waals surface area contributed by atoms with E-state index in [2.05, 4.69) is 60.2 Å². The second kappa shape index (κ2) is 9.84. The lowest BCUT2D eigenvalue weighted by molar-refractivity contribution is -0.132. The van der Waals surface area contributed by atoms with Crippen molar-refractivity contribution in [2.45, 2.75) is 38.6 Å². The van der Waals surface area contributed by atoms with Crippen LogP contribution in [0.4, 0.5) is 4.39 Å². The summed E-state index contributed by atoms with van der Waals surface area (Å²) in [5, 5.41) is 1.15. The highest BCUT2D eigenvalue weighted by molar-refractivity contribution is 5.87. The van der Waals surface area contributed by atoms with E-state index in [0.29, 0.717) is 12.3 Å². The summed E-state index contributed by atoms with van der Waals surface area (Å²) in [7, 11) is 0. The number of rotatable bonds is 6. The number of piperidine rings is 1. The zero-order valence-electron chi connectivity index (χ0n) is 19.7. The monoisotopic (exact) mass is 454 g/mol. The topological polar surface area (TPSA) is 25.2 Å². The van der Waals surface area contributed by atoms with Crippen LogP contribution in [0, 0.1) is 11.7 Å². The second-order valence-corrected chi connectivity index (χ2v) is 9.59. The van der Waals surface area contributed by atoms with E-state index in [9.17, 15) is 9.18 Å². The molecule has 1 amide bonds. The average Bonchev–Trinajstić information content (AvgIpc) is 3.22. The lowest BCUT2D eigenvalue weighted by atomic mass is 9.87. The third kappa shape index (κ3) is 4.77. The molecule has 5 rings (SSSR count). The van der Waals surface area contributed by atoms with Crippen LogP contribution in [0.5, 0.6) is 0 Å². The van der Waals surface area contributed by atoms with Crippen molar-refractivity contribution in [3.63, 3.8) is 0 Å². The van der Waals surface area contributed by atoms with Crippen molar-refractivity contribution in [2.75, 3.05) is 13.1 Å². The van der Waals surface area contributed by atoms with Gasteiger partial charge in [0.15, 0.2) is 0 Å². The van der Waals surface area contributed by atoms with E-state index in [1.165, 1.54) is 17.7 Å². The van der Waals surface area contributed by atoms with E-state index in [1.807, 2.05) is 29.2 Å². The Labute approximate surface area is 200 Å². The van der Waals surface area contributed by atoms with Crippen molar-refractivity contribution in [1.82, 2.24) is 9.47 Å². The highest BCUT2D eigenvalue weighted by Gasteiger charge is 2.27. The molecule has 1 atom stereocenters. The van der Waals surface area contributed by atoms with Gasteiger partial charge >= 0.3 is 0 Å². The number of likely N-dealkylation sites (tertiary alicyclic amines) is 1. The molecule has 1 aliphatic rings. The second-order valence-electron chi connectivity index (χ2n) is 9.59. The fourth-order valence-corrected chi connectivity index (χ4v) is 5.13. The van der Waals surface area contributed by atoms with Gasteiger partial charge in [-0.1, -0.05) is 67.6 Å². The molecule has 1 saturated heterocycles. The van der Waals surface area contributed by atoms with E-state index in [1.54, 1.807) is 0 Å². The molecule has 3 nitrogen and oxygen atoms in total. The van der Waals surface area contributed by atoms with Gasteiger partial charge in [-0.05, 0) is 53.6 Å². The van der Waals surface area contributed by atoms with E-state index in [0.717, 1.165) is 54.5 Å². The van der Waals surface area contributed by atoms with Crippen molar-refractivity contribution < 1.29 is 9.18 Å². The van der Waals surface area contributed by atoms with E-state index >= 15 is 0 Å². The minimum atomic E-state index is -0.259. The number of para-hydroxylation sites is 1. The highest BCUT2D eigenvalue weighted by atomic mass is 19.1. The fourth-order valence-electron chi connectivity index (χ4n) is 5.13. The van der Waals surface area contributed by atoms with E-state index < -0.39 is 0 Å². The molecule has 34 heavy (non-hydrogen) atoms. The van der Waals surface area contributed by atoms with Crippen molar-refractivity contribution in [3.05, 3.63) is 108 Å². The molecule has 0 bridgehead atoms. The Hall–Kier alpha value is -3.40. The zero-order valence-corrected chi connectivity index (χ0v) is 19.7. The maximum Gasteiger partial charge on any atom is 0.223 e. The minimum Gasteiger partial charge on any atom is -0.343 e. The molecule has 0 saturated carbocycles. The standard InChI is InChI=1S/C30H31FN2O/c1-22-15-17-32(18-16-22)30(34)19-27(24-11-13-25(31)14-12-24)28-21-33(20-23-7-3-2-4-8-23)29-10-6-5-9-26(28)29/h2-14,21-22,27H,15-20H2,1H3/t27-/m1/s1. The first-order valence-corrected chi connectivity index (χ1v) is 12.2. The lowest BCUT2D eigenvalue weighted by Gasteiger charge is -2.31. The lowest BCUT2D eigenvalue weighted by Crippen LogP contribution is -2.38. The van der Waals surface area contributed by atoms with Crippen LogP contribution in [0.2, 0.25) is 0 Å². The maximum absolute atomic E-state index is 13.8. The van der Waals surface area contributed by atoms with Crippen LogP contribution in [0.15, 0.2) is 85.1 Å². The molecule has 1 fully saturated rings. The summed E-state index contributed by atoms with van der Waals surface area (Å²) in [6.07, 6.45) is 4.70. The quantitative estimate of drug-likeness (QED) is 0.322. The molecule has 4 heteroatoms. The number of fused-ring (bicyclic) bond motifs is 1. The normalized spacial score (nSPS) is 15.5. The van der Waals surface area contributed by atoms with Crippen molar-refractivity contribution in [2.24, 2.45) is 5.92 Å². The number of halogens is 1. The Balaban J connectivity index is 1.53. The fraction of sp³-hybridized carbons (Fsp3) is 0.300. The molecule has 0 spiro atoms. The smallest absolute Gasteiger partial charge is 0.223 e. The molecule has 0 N–H and O–H groups in total. The Morgan fingerprint density at radius 1 is 0.941 bits per heavy atom. The van der Waals surface area contributed by atoms with Gasteiger partial charge in [0.25, 0.3) is 0 Å². The van der Waals surface area contributed by atoms with Gasteiger partial charge < -0.3 is 9.47 Å². The van der Waals surface area contributed by atoms with Crippen molar-refractivity contribution >= 4 is 16.8 Å². The number of nitrogens with zero attached hydrogens (tertiary/aromatic N) is 2. The molecule has 4 aromatic rings. The van der Waals surface area contributed by atoms with Crippen molar-refractivity contribution in [1.29, 1.82) is 0 Å². The number of hydrogen-bond donors (Lipinski definition) is 0. The van der Waals surface area contributed by atoms with Crippen LogP contribution in [-0.4, -0.2) is 28.5 Å². The van der Waals surface area contributed by atoms with Crippen LogP contribution in [0.1, 0.15) is 48.8 Å². The zero-order chi connectivity index (χ0) is 23.5.